The smallest absolute Gasteiger partial charge is 0.305 e. The Balaban J connectivity index is 2.23. The Morgan fingerprint density at radius 1 is 1.47 bits per heavy atom. The predicted molar refractivity (Wildman–Crippen MR) is 74.6 cm³/mol. The third-order valence-electron chi connectivity index (χ3n) is 3.73. The molecular weight excluding hydrogens is 242 g/mol. The Morgan fingerprint density at radius 2 is 2.21 bits per heavy atom. The van der Waals surface area contributed by atoms with E-state index in [4.69, 9.17) is 9.84 Å². The number of hydrogen-bond acceptors (Lipinski definition) is 3. The van der Waals surface area contributed by atoms with Crippen molar-refractivity contribution in [3.63, 3.8) is 0 Å². The number of anilines is 1. The highest BCUT2D eigenvalue weighted by Crippen LogP contribution is 2.28. The number of para-hydroxylation sites is 1. The fraction of sp³-hybridized carbons (Fsp3) is 0.533. The predicted octanol–water partition coefficient (Wildman–Crippen LogP) is 2.45. The molecule has 1 heterocycles. The first-order valence-corrected chi connectivity index (χ1v) is 6.75. The zero-order valence-electron chi connectivity index (χ0n) is 11.5. The van der Waals surface area contributed by atoms with Crippen molar-refractivity contribution in [2.75, 3.05) is 18.1 Å². The van der Waals surface area contributed by atoms with E-state index in [1.54, 1.807) is 0 Å². The minimum absolute atomic E-state index is 0.147. The molecule has 2 atom stereocenters. The van der Waals surface area contributed by atoms with Gasteiger partial charge in [0, 0.05) is 18.8 Å². The summed E-state index contributed by atoms with van der Waals surface area (Å²) < 4.78 is 5.63. The van der Waals surface area contributed by atoms with Crippen molar-refractivity contribution in [2.24, 2.45) is 0 Å². The highest BCUT2D eigenvalue weighted by atomic mass is 16.5. The number of carboxylic acids is 1. The lowest BCUT2D eigenvalue weighted by molar-refractivity contribution is -0.136. The number of rotatable bonds is 5. The Bertz CT molecular complexity index is 447. The Labute approximate surface area is 114 Å². The minimum Gasteiger partial charge on any atom is -0.481 e. The highest BCUT2D eigenvalue weighted by Gasteiger charge is 2.30. The lowest BCUT2D eigenvalue weighted by Gasteiger charge is -2.33. The quantitative estimate of drug-likeness (QED) is 0.886. The number of hydrogen-bond donors (Lipinski definition) is 1. The Kier molecular flexibility index (Phi) is 4.43. The van der Waals surface area contributed by atoms with Crippen LogP contribution in [0.3, 0.4) is 0 Å². The van der Waals surface area contributed by atoms with E-state index in [9.17, 15) is 4.79 Å². The molecule has 4 nitrogen and oxygen atoms in total. The van der Waals surface area contributed by atoms with Gasteiger partial charge in [0.2, 0.25) is 0 Å². The summed E-state index contributed by atoms with van der Waals surface area (Å²) in [5.74, 6) is -0.759. The van der Waals surface area contributed by atoms with Crippen molar-refractivity contribution >= 4 is 11.7 Å². The maximum Gasteiger partial charge on any atom is 0.305 e. The number of ether oxygens (including phenoxy) is 1. The molecule has 0 aliphatic carbocycles. The summed E-state index contributed by atoms with van der Waals surface area (Å²) in [6, 6.07) is 8.38. The van der Waals surface area contributed by atoms with Crippen LogP contribution in [0.4, 0.5) is 5.69 Å². The summed E-state index contributed by atoms with van der Waals surface area (Å²) in [4.78, 5) is 13.1. The van der Waals surface area contributed by atoms with Crippen LogP contribution in [0.25, 0.3) is 0 Å². The molecule has 1 aliphatic rings. The molecule has 1 aromatic rings. The summed E-state index contributed by atoms with van der Waals surface area (Å²) in [6.45, 7) is 5.40. The van der Waals surface area contributed by atoms with Crippen LogP contribution in [0.15, 0.2) is 24.3 Å². The number of carboxylic acid groups (broad SMARTS) is 1. The van der Waals surface area contributed by atoms with Crippen molar-refractivity contribution in [3.8, 4) is 0 Å². The first-order chi connectivity index (χ1) is 9.09. The van der Waals surface area contributed by atoms with Gasteiger partial charge in [-0.05, 0) is 31.9 Å². The standard InChI is InChI=1S/C15H21NO3/c1-11-5-3-4-6-13(11)16(9-7-15(17)18)14-8-10-19-12(14)2/h3-6,12,14H,7-10H2,1-2H3,(H,17,18). The third-order valence-corrected chi connectivity index (χ3v) is 3.73. The van der Waals surface area contributed by atoms with E-state index in [1.165, 1.54) is 5.56 Å². The van der Waals surface area contributed by atoms with E-state index in [0.29, 0.717) is 6.54 Å². The Morgan fingerprint density at radius 3 is 2.79 bits per heavy atom. The Hall–Kier alpha value is -1.55. The van der Waals surface area contributed by atoms with Crippen LogP contribution in [0.5, 0.6) is 0 Å². The van der Waals surface area contributed by atoms with Gasteiger partial charge in [0.05, 0.1) is 18.6 Å². The number of aliphatic carboxylic acids is 1. The van der Waals surface area contributed by atoms with E-state index in [0.717, 1.165) is 18.7 Å². The summed E-state index contributed by atoms with van der Waals surface area (Å²) in [7, 11) is 0. The van der Waals surface area contributed by atoms with Gasteiger partial charge in [-0.15, -0.1) is 0 Å². The molecular formula is C15H21NO3. The van der Waals surface area contributed by atoms with Crippen molar-refractivity contribution < 1.29 is 14.6 Å². The zero-order valence-corrected chi connectivity index (χ0v) is 11.5. The maximum absolute atomic E-state index is 10.9. The number of nitrogens with zero attached hydrogens (tertiary/aromatic N) is 1. The number of carbonyl (C=O) groups is 1. The van der Waals surface area contributed by atoms with Gasteiger partial charge in [-0.25, -0.2) is 0 Å². The highest BCUT2D eigenvalue weighted by molar-refractivity contribution is 5.68. The van der Waals surface area contributed by atoms with Crippen LogP contribution in [0.1, 0.15) is 25.3 Å². The van der Waals surface area contributed by atoms with Crippen LogP contribution in [-0.4, -0.2) is 36.4 Å². The molecule has 0 aromatic heterocycles. The normalized spacial score (nSPS) is 22.4. The molecule has 1 aliphatic heterocycles. The van der Waals surface area contributed by atoms with Gasteiger partial charge in [0.25, 0.3) is 0 Å². The van der Waals surface area contributed by atoms with E-state index < -0.39 is 5.97 Å². The molecule has 2 unspecified atom stereocenters. The monoisotopic (exact) mass is 263 g/mol. The molecule has 0 amide bonds. The van der Waals surface area contributed by atoms with Crippen LogP contribution in [0, 0.1) is 6.92 Å². The van der Waals surface area contributed by atoms with Crippen molar-refractivity contribution in [1.82, 2.24) is 0 Å². The molecule has 1 N–H and O–H groups in total. The van der Waals surface area contributed by atoms with Crippen molar-refractivity contribution in [3.05, 3.63) is 29.8 Å². The lowest BCUT2D eigenvalue weighted by Crippen LogP contribution is -2.41. The average Bonchev–Trinajstić information content (AvgIpc) is 2.78. The summed E-state index contributed by atoms with van der Waals surface area (Å²) in [5.41, 5.74) is 2.29. The van der Waals surface area contributed by atoms with Gasteiger partial charge in [0.15, 0.2) is 0 Å². The molecule has 104 valence electrons. The van der Waals surface area contributed by atoms with E-state index in [1.807, 2.05) is 12.1 Å². The summed E-state index contributed by atoms with van der Waals surface area (Å²) in [5, 5.41) is 8.93. The summed E-state index contributed by atoms with van der Waals surface area (Å²) >= 11 is 0. The van der Waals surface area contributed by atoms with Gasteiger partial charge >= 0.3 is 5.97 Å². The van der Waals surface area contributed by atoms with Crippen LogP contribution < -0.4 is 4.90 Å². The van der Waals surface area contributed by atoms with Crippen LogP contribution in [-0.2, 0) is 9.53 Å². The molecule has 1 saturated heterocycles. The molecule has 19 heavy (non-hydrogen) atoms. The molecule has 0 saturated carbocycles. The van der Waals surface area contributed by atoms with Gasteiger partial charge in [-0.1, -0.05) is 18.2 Å². The third kappa shape index (κ3) is 3.26. The molecule has 1 aromatic carbocycles. The first-order valence-electron chi connectivity index (χ1n) is 6.75. The van der Waals surface area contributed by atoms with E-state index in [-0.39, 0.29) is 18.6 Å². The molecule has 0 spiro atoms. The van der Waals surface area contributed by atoms with Crippen LogP contribution in [0.2, 0.25) is 0 Å². The van der Waals surface area contributed by atoms with E-state index in [2.05, 4.69) is 30.9 Å². The molecule has 4 heteroatoms. The van der Waals surface area contributed by atoms with Gasteiger partial charge in [0.1, 0.15) is 0 Å². The fourth-order valence-electron chi connectivity index (χ4n) is 2.70. The zero-order chi connectivity index (χ0) is 13.8. The van der Waals surface area contributed by atoms with Crippen molar-refractivity contribution in [1.29, 1.82) is 0 Å². The second-order valence-electron chi connectivity index (χ2n) is 5.06. The van der Waals surface area contributed by atoms with Gasteiger partial charge in [-0.3, -0.25) is 4.79 Å². The van der Waals surface area contributed by atoms with Crippen molar-refractivity contribution in [2.45, 2.75) is 38.8 Å². The summed E-state index contributed by atoms with van der Waals surface area (Å²) in [6.07, 6.45) is 1.25. The minimum atomic E-state index is -0.759. The molecule has 0 bridgehead atoms. The second kappa shape index (κ2) is 6.06. The SMILES string of the molecule is Cc1ccccc1N(CCC(=O)O)C1CCOC1C. The van der Waals surface area contributed by atoms with Gasteiger partial charge in [-0.2, -0.15) is 0 Å². The van der Waals surface area contributed by atoms with Crippen LogP contribution >= 0.6 is 0 Å². The largest absolute Gasteiger partial charge is 0.481 e. The van der Waals surface area contributed by atoms with Gasteiger partial charge < -0.3 is 14.7 Å². The molecule has 1 fully saturated rings. The fourth-order valence-corrected chi connectivity index (χ4v) is 2.70. The topological polar surface area (TPSA) is 49.8 Å². The first kappa shape index (κ1) is 13.9. The maximum atomic E-state index is 10.9. The number of aryl methyl sites for hydroxylation is 1. The molecule has 0 radical (unpaired) electrons. The average molecular weight is 263 g/mol. The lowest BCUT2D eigenvalue weighted by atomic mass is 10.1. The number of benzene rings is 1. The second-order valence-corrected chi connectivity index (χ2v) is 5.06. The van der Waals surface area contributed by atoms with E-state index >= 15 is 0 Å². The molecule has 2 rings (SSSR count).